The van der Waals surface area contributed by atoms with E-state index in [1.54, 1.807) is 4.57 Å². The molecule has 0 aliphatic rings. The van der Waals surface area contributed by atoms with Gasteiger partial charge in [0.15, 0.2) is 0 Å². The van der Waals surface area contributed by atoms with Crippen molar-refractivity contribution in [1.29, 1.82) is 0 Å². The Morgan fingerprint density at radius 2 is 2.00 bits per heavy atom. The van der Waals surface area contributed by atoms with Gasteiger partial charge >= 0.3 is 6.09 Å². The Morgan fingerprint density at radius 3 is 2.67 bits per heavy atom. The molecule has 0 fully saturated rings. The predicted molar refractivity (Wildman–Crippen MR) is 85.8 cm³/mol. The van der Waals surface area contributed by atoms with Gasteiger partial charge in [-0.2, -0.15) is 0 Å². The van der Waals surface area contributed by atoms with E-state index < -0.39 is 0 Å². The SMILES string of the molecule is CC(C)COC(=O)n1cc(CCN(C)C)c2ccccc21. The van der Waals surface area contributed by atoms with Gasteiger partial charge in [0.25, 0.3) is 0 Å². The first-order valence-corrected chi connectivity index (χ1v) is 7.40. The van der Waals surface area contributed by atoms with Crippen LogP contribution in [0.25, 0.3) is 10.9 Å². The third-order valence-electron chi connectivity index (χ3n) is 3.36. The Bertz CT molecular complexity index is 614. The summed E-state index contributed by atoms with van der Waals surface area (Å²) in [5, 5.41) is 1.13. The second kappa shape index (κ2) is 6.76. The molecule has 0 radical (unpaired) electrons. The second-order valence-corrected chi connectivity index (χ2v) is 6.07. The van der Waals surface area contributed by atoms with Crippen LogP contribution in [0.4, 0.5) is 4.79 Å². The molecule has 0 spiro atoms. The molecule has 1 aromatic heterocycles. The van der Waals surface area contributed by atoms with E-state index in [1.807, 2.05) is 38.2 Å². The molecule has 0 aliphatic heterocycles. The van der Waals surface area contributed by atoms with E-state index in [0.29, 0.717) is 12.5 Å². The Balaban J connectivity index is 2.29. The molecular weight excluding hydrogens is 264 g/mol. The van der Waals surface area contributed by atoms with E-state index in [2.05, 4.69) is 25.1 Å². The summed E-state index contributed by atoms with van der Waals surface area (Å²) in [7, 11) is 4.10. The number of hydrogen-bond donors (Lipinski definition) is 0. The Hall–Kier alpha value is -1.81. The normalized spacial score (nSPS) is 11.5. The Kier molecular flexibility index (Phi) is 5.02. The summed E-state index contributed by atoms with van der Waals surface area (Å²) in [6.07, 6.45) is 2.53. The summed E-state index contributed by atoms with van der Waals surface area (Å²) in [6.45, 7) is 5.46. The van der Waals surface area contributed by atoms with Gasteiger partial charge < -0.3 is 9.64 Å². The summed E-state index contributed by atoms with van der Waals surface area (Å²) in [5.41, 5.74) is 2.10. The number of aromatic nitrogens is 1. The largest absolute Gasteiger partial charge is 0.449 e. The fraction of sp³-hybridized carbons (Fsp3) is 0.471. The van der Waals surface area contributed by atoms with Gasteiger partial charge in [0.1, 0.15) is 0 Å². The number of carbonyl (C=O) groups excluding carboxylic acids is 1. The highest BCUT2D eigenvalue weighted by atomic mass is 16.5. The maximum atomic E-state index is 12.2. The van der Waals surface area contributed by atoms with E-state index in [-0.39, 0.29) is 6.09 Å². The second-order valence-electron chi connectivity index (χ2n) is 6.07. The molecule has 1 aromatic carbocycles. The molecule has 0 saturated carbocycles. The molecule has 0 saturated heterocycles. The number of hydrogen-bond acceptors (Lipinski definition) is 3. The van der Waals surface area contributed by atoms with E-state index in [0.717, 1.165) is 23.9 Å². The van der Waals surface area contributed by atoms with Gasteiger partial charge in [-0.15, -0.1) is 0 Å². The van der Waals surface area contributed by atoms with Crippen molar-refractivity contribution in [1.82, 2.24) is 9.47 Å². The van der Waals surface area contributed by atoms with Gasteiger partial charge in [-0.25, -0.2) is 4.79 Å². The minimum Gasteiger partial charge on any atom is -0.449 e. The summed E-state index contributed by atoms with van der Waals surface area (Å²) in [5.74, 6) is 0.337. The molecule has 0 atom stereocenters. The molecule has 114 valence electrons. The van der Waals surface area contributed by atoms with Crippen molar-refractivity contribution in [3.63, 3.8) is 0 Å². The topological polar surface area (TPSA) is 34.5 Å². The van der Waals surface area contributed by atoms with E-state index in [1.165, 1.54) is 5.56 Å². The monoisotopic (exact) mass is 288 g/mol. The van der Waals surface area contributed by atoms with Crippen LogP contribution in [0.3, 0.4) is 0 Å². The van der Waals surface area contributed by atoms with Gasteiger partial charge in [0.2, 0.25) is 0 Å². The molecule has 0 aliphatic carbocycles. The quantitative estimate of drug-likeness (QED) is 0.846. The van der Waals surface area contributed by atoms with Crippen LogP contribution in [0.15, 0.2) is 30.5 Å². The summed E-state index contributed by atoms with van der Waals surface area (Å²) in [6, 6.07) is 7.98. The number of benzene rings is 1. The average molecular weight is 288 g/mol. The van der Waals surface area contributed by atoms with Crippen molar-refractivity contribution >= 4 is 17.0 Å². The highest BCUT2D eigenvalue weighted by molar-refractivity contribution is 5.91. The van der Waals surface area contributed by atoms with Crippen LogP contribution in [0.5, 0.6) is 0 Å². The van der Waals surface area contributed by atoms with E-state index in [9.17, 15) is 4.79 Å². The van der Waals surface area contributed by atoms with Gasteiger partial charge in [0, 0.05) is 18.1 Å². The minimum absolute atomic E-state index is 0.295. The van der Waals surface area contributed by atoms with Gasteiger partial charge in [-0.3, -0.25) is 4.57 Å². The van der Waals surface area contributed by atoms with Crippen LogP contribution in [0.1, 0.15) is 19.4 Å². The lowest BCUT2D eigenvalue weighted by Gasteiger charge is -2.08. The lowest BCUT2D eigenvalue weighted by Crippen LogP contribution is -2.16. The molecular formula is C17H24N2O2. The summed E-state index contributed by atoms with van der Waals surface area (Å²) in [4.78, 5) is 14.4. The van der Waals surface area contributed by atoms with Crippen molar-refractivity contribution in [3.05, 3.63) is 36.0 Å². The number of para-hydroxylation sites is 1. The molecule has 4 heteroatoms. The summed E-state index contributed by atoms with van der Waals surface area (Å²) < 4.78 is 6.98. The molecule has 21 heavy (non-hydrogen) atoms. The van der Waals surface area contributed by atoms with Gasteiger partial charge in [-0.1, -0.05) is 32.0 Å². The number of likely N-dealkylation sites (N-methyl/N-ethyl adjacent to an activating group) is 1. The number of nitrogens with zero attached hydrogens (tertiary/aromatic N) is 2. The first-order chi connectivity index (χ1) is 9.99. The van der Waals surface area contributed by atoms with Crippen LogP contribution in [0.2, 0.25) is 0 Å². The first kappa shape index (κ1) is 15.6. The average Bonchev–Trinajstić information content (AvgIpc) is 2.81. The maximum absolute atomic E-state index is 12.2. The maximum Gasteiger partial charge on any atom is 0.418 e. The molecule has 0 bridgehead atoms. The molecule has 0 N–H and O–H groups in total. The zero-order chi connectivity index (χ0) is 15.4. The fourth-order valence-electron chi connectivity index (χ4n) is 2.25. The molecule has 2 rings (SSSR count). The third-order valence-corrected chi connectivity index (χ3v) is 3.36. The Labute approximate surface area is 126 Å². The molecule has 1 heterocycles. The van der Waals surface area contributed by atoms with Crippen molar-refractivity contribution < 1.29 is 9.53 Å². The van der Waals surface area contributed by atoms with Crippen LogP contribution < -0.4 is 0 Å². The minimum atomic E-state index is -0.295. The predicted octanol–water partition coefficient (Wildman–Crippen LogP) is 3.39. The molecule has 0 amide bonds. The standard InChI is InChI=1S/C17H24N2O2/c1-13(2)12-21-17(20)19-11-14(9-10-18(3)4)15-7-5-6-8-16(15)19/h5-8,11,13H,9-10,12H2,1-4H3. The number of ether oxygens (including phenoxy) is 1. The smallest absolute Gasteiger partial charge is 0.418 e. The van der Waals surface area contributed by atoms with Crippen molar-refractivity contribution in [2.75, 3.05) is 27.2 Å². The molecule has 0 unspecified atom stereocenters. The van der Waals surface area contributed by atoms with Gasteiger partial charge in [0.05, 0.1) is 12.1 Å². The van der Waals surface area contributed by atoms with Crippen LogP contribution in [-0.2, 0) is 11.2 Å². The van der Waals surface area contributed by atoms with Gasteiger partial charge in [-0.05, 0) is 38.1 Å². The molecule has 2 aromatic rings. The number of rotatable bonds is 5. The zero-order valence-electron chi connectivity index (χ0n) is 13.3. The number of fused-ring (bicyclic) bond motifs is 1. The highest BCUT2D eigenvalue weighted by Crippen LogP contribution is 2.22. The van der Waals surface area contributed by atoms with Crippen LogP contribution in [0, 0.1) is 5.92 Å². The van der Waals surface area contributed by atoms with E-state index >= 15 is 0 Å². The van der Waals surface area contributed by atoms with Crippen molar-refractivity contribution in [2.24, 2.45) is 5.92 Å². The van der Waals surface area contributed by atoms with E-state index in [4.69, 9.17) is 4.74 Å². The summed E-state index contributed by atoms with van der Waals surface area (Å²) >= 11 is 0. The first-order valence-electron chi connectivity index (χ1n) is 7.40. The van der Waals surface area contributed by atoms with Crippen LogP contribution in [-0.4, -0.2) is 42.8 Å². The Morgan fingerprint density at radius 1 is 1.29 bits per heavy atom. The fourth-order valence-corrected chi connectivity index (χ4v) is 2.25. The number of carbonyl (C=O) groups is 1. The lowest BCUT2D eigenvalue weighted by atomic mass is 10.1. The highest BCUT2D eigenvalue weighted by Gasteiger charge is 2.14. The molecule has 4 nitrogen and oxygen atoms in total. The van der Waals surface area contributed by atoms with Crippen molar-refractivity contribution in [3.8, 4) is 0 Å². The third kappa shape index (κ3) is 3.85. The lowest BCUT2D eigenvalue weighted by molar-refractivity contribution is 0.135. The van der Waals surface area contributed by atoms with Crippen LogP contribution >= 0.6 is 0 Å². The van der Waals surface area contributed by atoms with Crippen molar-refractivity contribution in [2.45, 2.75) is 20.3 Å². The zero-order valence-corrected chi connectivity index (χ0v) is 13.3.